The molecular formula is C19H33N3O3. The van der Waals surface area contributed by atoms with Crippen LogP contribution in [0.1, 0.15) is 43.3 Å². The molecule has 0 aromatic carbocycles. The van der Waals surface area contributed by atoms with Crippen LogP contribution in [-0.4, -0.2) is 56.9 Å². The highest BCUT2D eigenvalue weighted by Crippen LogP contribution is 2.17. The monoisotopic (exact) mass is 351 g/mol. The quantitative estimate of drug-likeness (QED) is 0.443. The molecule has 1 fully saturated rings. The highest BCUT2D eigenvalue weighted by Gasteiger charge is 2.22. The fourth-order valence-corrected chi connectivity index (χ4v) is 3.11. The second-order valence-electron chi connectivity index (χ2n) is 6.51. The lowest BCUT2D eigenvalue weighted by Crippen LogP contribution is -2.47. The Bertz CT molecular complexity index is 534. The lowest BCUT2D eigenvalue weighted by molar-refractivity contribution is 0.00990. The Labute approximate surface area is 151 Å². The molecule has 0 bridgehead atoms. The van der Waals surface area contributed by atoms with Gasteiger partial charge in [-0.15, -0.1) is 0 Å². The third kappa shape index (κ3) is 6.36. The molecule has 1 aromatic heterocycles. The van der Waals surface area contributed by atoms with Gasteiger partial charge >= 0.3 is 0 Å². The summed E-state index contributed by atoms with van der Waals surface area (Å²) in [6, 6.07) is 2.07. The van der Waals surface area contributed by atoms with Gasteiger partial charge in [0.15, 0.2) is 5.96 Å². The second-order valence-corrected chi connectivity index (χ2v) is 6.51. The Morgan fingerprint density at radius 2 is 2.08 bits per heavy atom. The maximum Gasteiger partial charge on any atom is 0.194 e. The molecule has 2 heterocycles. The zero-order chi connectivity index (χ0) is 18.1. The lowest BCUT2D eigenvalue weighted by atomic mass is 10.1. The summed E-state index contributed by atoms with van der Waals surface area (Å²) in [6.07, 6.45) is 3.40. The van der Waals surface area contributed by atoms with Crippen molar-refractivity contribution in [2.75, 3.05) is 40.0 Å². The standard InChI is InChI=1S/C19H33N3O3/c1-5-20-19(21-14-17-13-15(2)25-16(17)3)22-9-7-18(8-10-22)24-12-6-11-23-4/h13,18H,5-12,14H2,1-4H3,(H,20,21). The molecule has 0 atom stereocenters. The van der Waals surface area contributed by atoms with Gasteiger partial charge in [0.25, 0.3) is 0 Å². The first kappa shape index (κ1) is 19.8. The maximum absolute atomic E-state index is 5.94. The maximum atomic E-state index is 5.94. The average Bonchev–Trinajstić information content (AvgIpc) is 2.93. The predicted molar refractivity (Wildman–Crippen MR) is 100 cm³/mol. The summed E-state index contributed by atoms with van der Waals surface area (Å²) in [4.78, 5) is 7.14. The smallest absolute Gasteiger partial charge is 0.194 e. The number of ether oxygens (including phenoxy) is 2. The van der Waals surface area contributed by atoms with Gasteiger partial charge in [0.1, 0.15) is 11.5 Å². The van der Waals surface area contributed by atoms with E-state index in [0.29, 0.717) is 12.6 Å². The van der Waals surface area contributed by atoms with Gasteiger partial charge in [0.2, 0.25) is 0 Å². The topological polar surface area (TPSA) is 59.2 Å². The highest BCUT2D eigenvalue weighted by atomic mass is 16.5. The van der Waals surface area contributed by atoms with Gasteiger partial charge < -0.3 is 24.1 Å². The van der Waals surface area contributed by atoms with Gasteiger partial charge in [0, 0.05) is 45.5 Å². The number of hydrogen-bond donors (Lipinski definition) is 1. The second kappa shape index (κ2) is 10.5. The summed E-state index contributed by atoms with van der Waals surface area (Å²) in [5.41, 5.74) is 1.16. The van der Waals surface area contributed by atoms with E-state index in [1.54, 1.807) is 7.11 Å². The molecular weight excluding hydrogens is 318 g/mol. The van der Waals surface area contributed by atoms with Crippen LogP contribution in [0.5, 0.6) is 0 Å². The van der Waals surface area contributed by atoms with E-state index in [0.717, 1.165) is 75.2 Å². The highest BCUT2D eigenvalue weighted by molar-refractivity contribution is 5.80. The van der Waals surface area contributed by atoms with E-state index < -0.39 is 0 Å². The predicted octanol–water partition coefficient (Wildman–Crippen LogP) is 2.88. The molecule has 6 heteroatoms. The molecule has 25 heavy (non-hydrogen) atoms. The Balaban J connectivity index is 1.84. The number of rotatable bonds is 8. The van der Waals surface area contributed by atoms with Gasteiger partial charge in [-0.3, -0.25) is 0 Å². The Kier molecular flexibility index (Phi) is 8.28. The van der Waals surface area contributed by atoms with E-state index >= 15 is 0 Å². The number of methoxy groups -OCH3 is 1. The first-order valence-corrected chi connectivity index (χ1v) is 9.33. The van der Waals surface area contributed by atoms with Crippen LogP contribution in [0.15, 0.2) is 15.5 Å². The number of nitrogens with one attached hydrogen (secondary N) is 1. The van der Waals surface area contributed by atoms with Gasteiger partial charge in [-0.2, -0.15) is 0 Å². The van der Waals surface area contributed by atoms with Gasteiger partial charge in [0.05, 0.1) is 12.6 Å². The van der Waals surface area contributed by atoms with Crippen LogP contribution in [0.4, 0.5) is 0 Å². The normalized spacial score (nSPS) is 16.5. The molecule has 0 spiro atoms. The molecule has 6 nitrogen and oxygen atoms in total. The largest absolute Gasteiger partial charge is 0.466 e. The van der Waals surface area contributed by atoms with E-state index in [1.807, 2.05) is 13.8 Å². The number of hydrogen-bond acceptors (Lipinski definition) is 4. The van der Waals surface area contributed by atoms with Gasteiger partial charge in [-0.25, -0.2) is 4.99 Å². The molecule has 1 aliphatic rings. The van der Waals surface area contributed by atoms with Crippen molar-refractivity contribution in [2.45, 2.75) is 52.7 Å². The van der Waals surface area contributed by atoms with Crippen molar-refractivity contribution in [2.24, 2.45) is 4.99 Å². The van der Waals surface area contributed by atoms with E-state index in [9.17, 15) is 0 Å². The molecule has 0 saturated carbocycles. The number of furan rings is 1. The Morgan fingerprint density at radius 3 is 2.68 bits per heavy atom. The van der Waals surface area contributed by atoms with E-state index in [1.165, 1.54) is 0 Å². The van der Waals surface area contributed by atoms with E-state index in [-0.39, 0.29) is 0 Å². The summed E-state index contributed by atoms with van der Waals surface area (Å²) in [6.45, 7) is 11.1. The Hall–Kier alpha value is -1.53. The minimum Gasteiger partial charge on any atom is -0.466 e. The first-order valence-electron chi connectivity index (χ1n) is 9.33. The van der Waals surface area contributed by atoms with Crippen molar-refractivity contribution in [3.8, 4) is 0 Å². The number of guanidine groups is 1. The summed E-state index contributed by atoms with van der Waals surface area (Å²) < 4.78 is 16.6. The van der Waals surface area contributed by atoms with Crippen molar-refractivity contribution in [3.05, 3.63) is 23.2 Å². The molecule has 142 valence electrons. The third-order valence-corrected chi connectivity index (χ3v) is 4.47. The lowest BCUT2D eigenvalue weighted by Gasteiger charge is -2.34. The van der Waals surface area contributed by atoms with Crippen LogP contribution < -0.4 is 5.32 Å². The Morgan fingerprint density at radius 1 is 1.32 bits per heavy atom. The molecule has 1 saturated heterocycles. The molecule has 0 unspecified atom stereocenters. The van der Waals surface area contributed by atoms with Crippen molar-refractivity contribution in [3.63, 3.8) is 0 Å². The van der Waals surface area contributed by atoms with Crippen molar-refractivity contribution < 1.29 is 13.9 Å². The van der Waals surface area contributed by atoms with Crippen molar-refractivity contribution in [1.82, 2.24) is 10.2 Å². The number of likely N-dealkylation sites (tertiary alicyclic amines) is 1. The van der Waals surface area contributed by atoms with Crippen molar-refractivity contribution >= 4 is 5.96 Å². The zero-order valence-electron chi connectivity index (χ0n) is 16.1. The zero-order valence-corrected chi connectivity index (χ0v) is 16.1. The van der Waals surface area contributed by atoms with Gasteiger partial charge in [-0.05, 0) is 46.1 Å². The van der Waals surface area contributed by atoms with Crippen LogP contribution in [0, 0.1) is 13.8 Å². The van der Waals surface area contributed by atoms with Crippen LogP contribution in [-0.2, 0) is 16.0 Å². The van der Waals surface area contributed by atoms with E-state index in [4.69, 9.17) is 18.9 Å². The molecule has 0 amide bonds. The van der Waals surface area contributed by atoms with Crippen LogP contribution >= 0.6 is 0 Å². The number of aliphatic imine (C=N–C) groups is 1. The van der Waals surface area contributed by atoms with Gasteiger partial charge in [-0.1, -0.05) is 0 Å². The fraction of sp³-hybridized carbons (Fsp3) is 0.737. The molecule has 2 rings (SSSR count). The van der Waals surface area contributed by atoms with Crippen molar-refractivity contribution in [1.29, 1.82) is 0 Å². The number of aryl methyl sites for hydroxylation is 2. The number of piperidine rings is 1. The summed E-state index contributed by atoms with van der Waals surface area (Å²) in [5, 5.41) is 3.41. The number of nitrogens with zero attached hydrogens (tertiary/aromatic N) is 2. The van der Waals surface area contributed by atoms with E-state index in [2.05, 4.69) is 23.2 Å². The third-order valence-electron chi connectivity index (χ3n) is 4.47. The van der Waals surface area contributed by atoms with Crippen LogP contribution in [0.2, 0.25) is 0 Å². The molecule has 0 radical (unpaired) electrons. The molecule has 1 N–H and O–H groups in total. The molecule has 1 aromatic rings. The SMILES string of the molecule is CCNC(=NCc1cc(C)oc1C)N1CCC(OCCCOC)CC1. The van der Waals surface area contributed by atoms with Crippen LogP contribution in [0.3, 0.4) is 0 Å². The van der Waals surface area contributed by atoms with Crippen LogP contribution in [0.25, 0.3) is 0 Å². The first-order chi connectivity index (χ1) is 12.1. The average molecular weight is 351 g/mol. The summed E-state index contributed by atoms with van der Waals surface area (Å²) in [7, 11) is 1.73. The minimum atomic E-state index is 0.356. The summed E-state index contributed by atoms with van der Waals surface area (Å²) >= 11 is 0. The summed E-state index contributed by atoms with van der Waals surface area (Å²) in [5.74, 6) is 2.89. The molecule has 0 aliphatic carbocycles. The fourth-order valence-electron chi connectivity index (χ4n) is 3.11. The molecule has 1 aliphatic heterocycles. The minimum absolute atomic E-state index is 0.356.